The zero-order valence-corrected chi connectivity index (χ0v) is 8.93. The molecule has 2 N–H and O–H groups in total. The Morgan fingerprint density at radius 1 is 1.44 bits per heavy atom. The van der Waals surface area contributed by atoms with E-state index >= 15 is 0 Å². The van der Waals surface area contributed by atoms with Crippen molar-refractivity contribution in [3.63, 3.8) is 0 Å². The summed E-state index contributed by atoms with van der Waals surface area (Å²) in [5.41, 5.74) is 7.47. The molecule has 5 nitrogen and oxygen atoms in total. The van der Waals surface area contributed by atoms with Crippen LogP contribution >= 0.6 is 0 Å². The SMILES string of the molecule is C=CC1(Cn2cnc3c(N)ncnc32)CC1. The average Bonchev–Trinajstić information content (AvgIpc) is 2.95. The van der Waals surface area contributed by atoms with E-state index < -0.39 is 0 Å². The number of allylic oxidation sites excluding steroid dienone is 1. The minimum absolute atomic E-state index is 0.243. The second kappa shape index (κ2) is 3.04. The minimum Gasteiger partial charge on any atom is -0.382 e. The molecule has 1 aliphatic carbocycles. The maximum atomic E-state index is 5.73. The summed E-state index contributed by atoms with van der Waals surface area (Å²) in [7, 11) is 0. The summed E-state index contributed by atoms with van der Waals surface area (Å²) < 4.78 is 2.03. The zero-order chi connectivity index (χ0) is 11.2. The molecular formula is C11H13N5. The number of hydrogen-bond acceptors (Lipinski definition) is 4. The molecule has 0 aliphatic heterocycles. The molecule has 0 bridgehead atoms. The molecule has 0 saturated heterocycles. The van der Waals surface area contributed by atoms with Crippen molar-refractivity contribution in [3.8, 4) is 0 Å². The fourth-order valence-electron chi connectivity index (χ4n) is 1.94. The standard InChI is InChI=1S/C11H13N5/c1-2-11(3-4-11)5-16-7-15-8-9(12)13-6-14-10(8)16/h2,6-7H,1,3-5H2,(H2,12,13,14). The number of fused-ring (bicyclic) bond motifs is 1. The second-order valence-electron chi connectivity index (χ2n) is 4.37. The molecule has 1 fully saturated rings. The number of nitrogens with two attached hydrogens (primary N) is 1. The van der Waals surface area contributed by atoms with Gasteiger partial charge in [-0.05, 0) is 12.8 Å². The molecule has 0 unspecified atom stereocenters. The molecule has 2 aromatic heterocycles. The Balaban J connectivity index is 2.05. The summed E-state index contributed by atoms with van der Waals surface area (Å²) in [5, 5.41) is 0. The van der Waals surface area contributed by atoms with Gasteiger partial charge in [-0.25, -0.2) is 15.0 Å². The highest BCUT2D eigenvalue weighted by atomic mass is 15.1. The van der Waals surface area contributed by atoms with Gasteiger partial charge in [-0.1, -0.05) is 6.08 Å². The molecule has 16 heavy (non-hydrogen) atoms. The van der Waals surface area contributed by atoms with Crippen LogP contribution in [0.2, 0.25) is 0 Å². The zero-order valence-electron chi connectivity index (χ0n) is 8.93. The topological polar surface area (TPSA) is 69.6 Å². The molecule has 1 saturated carbocycles. The average molecular weight is 215 g/mol. The first-order valence-corrected chi connectivity index (χ1v) is 5.29. The van der Waals surface area contributed by atoms with Crippen LogP contribution in [0.3, 0.4) is 0 Å². The summed E-state index contributed by atoms with van der Waals surface area (Å²) >= 11 is 0. The van der Waals surface area contributed by atoms with Crippen LogP contribution in [0.4, 0.5) is 5.82 Å². The number of imidazole rings is 1. The van der Waals surface area contributed by atoms with Gasteiger partial charge in [0.15, 0.2) is 11.5 Å². The van der Waals surface area contributed by atoms with Gasteiger partial charge in [0.25, 0.3) is 0 Å². The Kier molecular flexibility index (Phi) is 1.77. The van der Waals surface area contributed by atoms with E-state index in [9.17, 15) is 0 Å². The molecule has 0 amide bonds. The third-order valence-electron chi connectivity index (χ3n) is 3.24. The minimum atomic E-state index is 0.243. The van der Waals surface area contributed by atoms with E-state index in [0.717, 1.165) is 12.2 Å². The highest BCUT2D eigenvalue weighted by Crippen LogP contribution is 2.48. The van der Waals surface area contributed by atoms with Crippen molar-refractivity contribution in [2.24, 2.45) is 5.41 Å². The summed E-state index contributed by atoms with van der Waals surface area (Å²) in [6.45, 7) is 4.76. The van der Waals surface area contributed by atoms with Crippen molar-refractivity contribution in [2.75, 3.05) is 5.73 Å². The van der Waals surface area contributed by atoms with Gasteiger partial charge in [0.1, 0.15) is 11.8 Å². The highest BCUT2D eigenvalue weighted by Gasteiger charge is 2.40. The smallest absolute Gasteiger partial charge is 0.165 e. The Morgan fingerprint density at radius 3 is 2.94 bits per heavy atom. The van der Waals surface area contributed by atoms with E-state index in [-0.39, 0.29) is 5.41 Å². The van der Waals surface area contributed by atoms with Crippen LogP contribution in [0.5, 0.6) is 0 Å². The van der Waals surface area contributed by atoms with Crippen LogP contribution in [-0.2, 0) is 6.54 Å². The number of rotatable bonds is 3. The van der Waals surface area contributed by atoms with Gasteiger partial charge in [-0.3, -0.25) is 0 Å². The summed E-state index contributed by atoms with van der Waals surface area (Å²) in [5.74, 6) is 0.437. The van der Waals surface area contributed by atoms with Crippen molar-refractivity contribution in [3.05, 3.63) is 25.3 Å². The molecule has 0 radical (unpaired) electrons. The molecule has 0 atom stereocenters. The third kappa shape index (κ3) is 1.28. The monoisotopic (exact) mass is 215 g/mol. The lowest BCUT2D eigenvalue weighted by Gasteiger charge is -2.10. The number of nitrogen functional groups attached to an aromatic ring is 1. The third-order valence-corrected chi connectivity index (χ3v) is 3.24. The first-order chi connectivity index (χ1) is 7.74. The summed E-state index contributed by atoms with van der Waals surface area (Å²) in [6.07, 6.45) is 7.67. The van der Waals surface area contributed by atoms with Gasteiger partial charge in [0, 0.05) is 12.0 Å². The van der Waals surface area contributed by atoms with E-state index in [0.29, 0.717) is 11.3 Å². The van der Waals surface area contributed by atoms with E-state index in [1.165, 1.54) is 19.2 Å². The van der Waals surface area contributed by atoms with E-state index in [2.05, 4.69) is 21.5 Å². The molecule has 2 aromatic rings. The molecule has 0 aromatic carbocycles. The lowest BCUT2D eigenvalue weighted by atomic mass is 10.1. The first-order valence-electron chi connectivity index (χ1n) is 5.29. The maximum Gasteiger partial charge on any atom is 0.165 e. The Labute approximate surface area is 93.0 Å². The van der Waals surface area contributed by atoms with Crippen LogP contribution in [0.1, 0.15) is 12.8 Å². The van der Waals surface area contributed by atoms with Crippen LogP contribution in [-0.4, -0.2) is 19.5 Å². The predicted octanol–water partition coefficient (Wildman–Crippen LogP) is 1.37. The van der Waals surface area contributed by atoms with Crippen molar-refractivity contribution >= 4 is 17.0 Å². The molecular weight excluding hydrogens is 202 g/mol. The fraction of sp³-hybridized carbons (Fsp3) is 0.364. The van der Waals surface area contributed by atoms with E-state index in [4.69, 9.17) is 5.73 Å². The Hall–Kier alpha value is -1.91. The second-order valence-corrected chi connectivity index (χ2v) is 4.37. The largest absolute Gasteiger partial charge is 0.382 e. The van der Waals surface area contributed by atoms with E-state index in [1.807, 2.05) is 10.6 Å². The van der Waals surface area contributed by atoms with Crippen LogP contribution < -0.4 is 5.73 Å². The quantitative estimate of drug-likeness (QED) is 0.785. The number of aromatic nitrogens is 4. The molecule has 2 heterocycles. The number of nitrogens with zero attached hydrogens (tertiary/aromatic N) is 4. The first kappa shape index (κ1) is 9.33. The van der Waals surface area contributed by atoms with Gasteiger partial charge in [0.05, 0.1) is 6.33 Å². The Morgan fingerprint density at radius 2 is 2.25 bits per heavy atom. The van der Waals surface area contributed by atoms with Crippen LogP contribution in [0, 0.1) is 5.41 Å². The van der Waals surface area contributed by atoms with E-state index in [1.54, 1.807) is 6.33 Å². The normalized spacial score (nSPS) is 17.5. The fourth-order valence-corrected chi connectivity index (χ4v) is 1.94. The van der Waals surface area contributed by atoms with Crippen molar-refractivity contribution in [1.82, 2.24) is 19.5 Å². The maximum absolute atomic E-state index is 5.73. The summed E-state index contributed by atoms with van der Waals surface area (Å²) in [6, 6.07) is 0. The lowest BCUT2D eigenvalue weighted by Crippen LogP contribution is -2.08. The predicted molar refractivity (Wildman–Crippen MR) is 61.6 cm³/mol. The molecule has 5 heteroatoms. The molecule has 82 valence electrons. The van der Waals surface area contributed by atoms with Crippen LogP contribution in [0.25, 0.3) is 11.2 Å². The van der Waals surface area contributed by atoms with Gasteiger partial charge < -0.3 is 10.3 Å². The number of anilines is 1. The highest BCUT2D eigenvalue weighted by molar-refractivity contribution is 5.81. The van der Waals surface area contributed by atoms with Crippen molar-refractivity contribution < 1.29 is 0 Å². The van der Waals surface area contributed by atoms with Gasteiger partial charge in [0.2, 0.25) is 0 Å². The lowest BCUT2D eigenvalue weighted by molar-refractivity contribution is 0.525. The van der Waals surface area contributed by atoms with Crippen LogP contribution in [0.15, 0.2) is 25.3 Å². The van der Waals surface area contributed by atoms with Gasteiger partial charge >= 0.3 is 0 Å². The van der Waals surface area contributed by atoms with Gasteiger partial charge in [-0.15, -0.1) is 6.58 Å². The Bertz CT molecular complexity index is 553. The van der Waals surface area contributed by atoms with Crippen molar-refractivity contribution in [2.45, 2.75) is 19.4 Å². The molecule has 3 rings (SSSR count). The molecule has 0 spiro atoms. The van der Waals surface area contributed by atoms with Gasteiger partial charge in [-0.2, -0.15) is 0 Å². The molecule has 1 aliphatic rings. The van der Waals surface area contributed by atoms with Crippen molar-refractivity contribution in [1.29, 1.82) is 0 Å². The summed E-state index contributed by atoms with van der Waals surface area (Å²) in [4.78, 5) is 12.4. The number of hydrogen-bond donors (Lipinski definition) is 1.